The number of fused-ring (bicyclic) bond motifs is 1. The van der Waals surface area contributed by atoms with E-state index in [9.17, 15) is 14.9 Å². The Labute approximate surface area is 230 Å². The molecule has 2 atom stereocenters. The Morgan fingerprint density at radius 3 is 2.58 bits per heavy atom. The van der Waals surface area contributed by atoms with E-state index < -0.39 is 0 Å². The van der Waals surface area contributed by atoms with E-state index in [1.807, 2.05) is 30.3 Å². The van der Waals surface area contributed by atoms with Crippen LogP contribution in [-0.2, 0) is 11.3 Å². The van der Waals surface area contributed by atoms with Gasteiger partial charge in [-0.05, 0) is 68.3 Å². The van der Waals surface area contributed by atoms with E-state index in [0.717, 1.165) is 19.4 Å². The van der Waals surface area contributed by atoms with Gasteiger partial charge in [-0.3, -0.25) is 13.9 Å². The number of carbonyl (C=O) groups excluding carboxylic acids is 1. The summed E-state index contributed by atoms with van der Waals surface area (Å²) < 4.78 is 8.89. The van der Waals surface area contributed by atoms with Gasteiger partial charge in [0.15, 0.2) is 11.5 Å². The molecule has 2 aliphatic heterocycles. The van der Waals surface area contributed by atoms with Crippen LogP contribution in [0.15, 0.2) is 77.4 Å². The molecule has 0 radical (unpaired) electrons. The molecule has 11 nitrogen and oxygen atoms in total. The van der Waals surface area contributed by atoms with Gasteiger partial charge in [0.1, 0.15) is 35.0 Å². The zero-order valence-electron chi connectivity index (χ0n) is 21.7. The van der Waals surface area contributed by atoms with Crippen LogP contribution in [0.4, 0.5) is 5.82 Å². The second-order valence-corrected chi connectivity index (χ2v) is 9.90. The van der Waals surface area contributed by atoms with Gasteiger partial charge in [0.2, 0.25) is 0 Å². The van der Waals surface area contributed by atoms with Crippen molar-refractivity contribution in [2.45, 2.75) is 37.9 Å². The number of hydrogen-bond acceptors (Lipinski definition) is 8. The van der Waals surface area contributed by atoms with Crippen LogP contribution in [0.3, 0.4) is 0 Å². The van der Waals surface area contributed by atoms with Gasteiger partial charge in [-0.1, -0.05) is 18.2 Å². The maximum atomic E-state index is 13.8. The van der Waals surface area contributed by atoms with Crippen LogP contribution in [0.2, 0.25) is 0 Å². The minimum absolute atomic E-state index is 0.0306. The minimum Gasteiger partial charge on any atom is -0.457 e. The first-order valence-electron chi connectivity index (χ1n) is 13.2. The summed E-state index contributed by atoms with van der Waals surface area (Å²) in [6.07, 6.45) is 5.67. The fourth-order valence-electron chi connectivity index (χ4n) is 5.27. The number of benzene rings is 2. The number of nitrogen functional groups attached to an aromatic ring is 1. The van der Waals surface area contributed by atoms with Gasteiger partial charge in [0, 0.05) is 19.1 Å². The number of carbonyl (C=O) groups is 1. The number of imidazole rings is 1. The molecule has 4 aromatic rings. The van der Waals surface area contributed by atoms with Crippen molar-refractivity contribution < 1.29 is 9.53 Å². The molecule has 2 aromatic heterocycles. The number of nitrogens with one attached hydrogen (secondary N) is 1. The summed E-state index contributed by atoms with van der Waals surface area (Å²) in [6.45, 7) is 1.62. The molecule has 0 bridgehead atoms. The van der Waals surface area contributed by atoms with E-state index in [4.69, 9.17) is 10.5 Å². The molecule has 2 fully saturated rings. The van der Waals surface area contributed by atoms with Crippen LogP contribution in [0.1, 0.15) is 19.3 Å². The first kappa shape index (κ1) is 25.3. The van der Waals surface area contributed by atoms with Crippen molar-refractivity contribution in [2.24, 2.45) is 0 Å². The maximum Gasteiger partial charge on any atom is 0.335 e. The molecule has 2 aliphatic rings. The molecule has 2 saturated heterocycles. The molecule has 6 rings (SSSR count). The summed E-state index contributed by atoms with van der Waals surface area (Å²) in [5, 5.41) is 12.9. The molecule has 40 heavy (non-hydrogen) atoms. The van der Waals surface area contributed by atoms with Crippen molar-refractivity contribution in [1.82, 2.24) is 29.3 Å². The third kappa shape index (κ3) is 4.69. The van der Waals surface area contributed by atoms with Crippen LogP contribution in [0.25, 0.3) is 16.9 Å². The first-order valence-corrected chi connectivity index (χ1v) is 13.2. The fourth-order valence-corrected chi connectivity index (χ4v) is 5.27. The molecule has 3 N–H and O–H groups in total. The Balaban J connectivity index is 1.29. The lowest BCUT2D eigenvalue weighted by molar-refractivity contribution is -0.134. The van der Waals surface area contributed by atoms with Crippen molar-refractivity contribution in [3.8, 4) is 23.3 Å². The van der Waals surface area contributed by atoms with Crippen LogP contribution >= 0.6 is 0 Å². The quantitative estimate of drug-likeness (QED) is 0.271. The zero-order chi connectivity index (χ0) is 27.6. The Hall–Kier alpha value is -4.95. The van der Waals surface area contributed by atoms with E-state index >= 15 is 0 Å². The third-order valence-electron chi connectivity index (χ3n) is 7.42. The predicted molar refractivity (Wildman–Crippen MR) is 149 cm³/mol. The van der Waals surface area contributed by atoms with Crippen molar-refractivity contribution in [2.75, 3.05) is 18.8 Å². The van der Waals surface area contributed by atoms with E-state index in [1.54, 1.807) is 35.2 Å². The monoisotopic (exact) mass is 536 g/mol. The molecular formula is C29H28N8O3. The molecule has 2 aromatic carbocycles. The van der Waals surface area contributed by atoms with Crippen molar-refractivity contribution in [1.29, 1.82) is 5.26 Å². The van der Waals surface area contributed by atoms with Gasteiger partial charge < -0.3 is 20.7 Å². The zero-order valence-corrected chi connectivity index (χ0v) is 21.7. The largest absolute Gasteiger partial charge is 0.457 e. The van der Waals surface area contributed by atoms with E-state index in [1.165, 1.54) is 15.5 Å². The lowest BCUT2D eigenvalue weighted by Gasteiger charge is -2.41. The molecule has 0 saturated carbocycles. The predicted octanol–water partition coefficient (Wildman–Crippen LogP) is 2.76. The highest BCUT2D eigenvalue weighted by atomic mass is 16.5. The lowest BCUT2D eigenvalue weighted by atomic mass is 10.0. The highest BCUT2D eigenvalue weighted by Gasteiger charge is 2.35. The number of nitrogens with two attached hydrogens (primary N) is 1. The summed E-state index contributed by atoms with van der Waals surface area (Å²) >= 11 is 0. The van der Waals surface area contributed by atoms with Crippen LogP contribution in [-0.4, -0.2) is 55.1 Å². The highest BCUT2D eigenvalue weighted by molar-refractivity contribution is 5.98. The summed E-state index contributed by atoms with van der Waals surface area (Å²) in [5.41, 5.74) is 7.38. The normalized spacial score (nSPS) is 18.9. The minimum atomic E-state index is -0.343. The standard InChI is InChI=1S/C29H28N8O3/c30-16-19(15-20-5-4-13-32-20)28(38)35-14-12-22(35)17-36-27-25(26(31)33-18-34-27)37(29(36)39)21-8-10-24(11-9-21)40-23-6-2-1-3-7-23/h1-3,6-11,15,18,20,22,32H,4-5,12-14,17H2,(H2,31,33,34). The summed E-state index contributed by atoms with van der Waals surface area (Å²) in [6, 6.07) is 18.4. The number of amides is 1. The molecule has 2 unspecified atom stereocenters. The highest BCUT2D eigenvalue weighted by Crippen LogP contribution is 2.27. The van der Waals surface area contributed by atoms with Gasteiger partial charge in [-0.2, -0.15) is 5.26 Å². The Morgan fingerprint density at radius 2 is 1.90 bits per heavy atom. The second kappa shape index (κ2) is 10.7. The van der Waals surface area contributed by atoms with Gasteiger partial charge in [-0.25, -0.2) is 14.8 Å². The number of para-hydroxylation sites is 1. The number of anilines is 1. The molecule has 0 aliphatic carbocycles. The van der Waals surface area contributed by atoms with Gasteiger partial charge in [0.25, 0.3) is 5.91 Å². The molecule has 11 heteroatoms. The molecule has 4 heterocycles. The number of rotatable bonds is 7. The average Bonchev–Trinajstić information content (AvgIpc) is 3.57. The van der Waals surface area contributed by atoms with Gasteiger partial charge in [0.05, 0.1) is 11.7 Å². The Bertz CT molecular complexity index is 1680. The third-order valence-corrected chi connectivity index (χ3v) is 7.42. The Kier molecular flexibility index (Phi) is 6.76. The van der Waals surface area contributed by atoms with Gasteiger partial charge >= 0.3 is 5.69 Å². The van der Waals surface area contributed by atoms with Crippen molar-refractivity contribution in [3.05, 3.63) is 83.1 Å². The maximum absolute atomic E-state index is 13.8. The molecule has 0 spiro atoms. The number of nitrogens with zero attached hydrogens (tertiary/aromatic N) is 6. The summed E-state index contributed by atoms with van der Waals surface area (Å²) in [4.78, 5) is 37.1. The van der Waals surface area contributed by atoms with Crippen LogP contribution < -0.4 is 21.5 Å². The fraction of sp³-hybridized carbons (Fsp3) is 0.276. The summed E-state index contributed by atoms with van der Waals surface area (Å²) in [5.74, 6) is 1.18. The average molecular weight is 537 g/mol. The van der Waals surface area contributed by atoms with Crippen LogP contribution in [0.5, 0.6) is 11.5 Å². The number of nitriles is 1. The first-order chi connectivity index (χ1) is 19.5. The second-order valence-electron chi connectivity index (χ2n) is 9.90. The summed E-state index contributed by atoms with van der Waals surface area (Å²) in [7, 11) is 0. The van der Waals surface area contributed by atoms with E-state index in [2.05, 4.69) is 21.4 Å². The van der Waals surface area contributed by atoms with Crippen molar-refractivity contribution >= 4 is 22.9 Å². The molecule has 202 valence electrons. The smallest absolute Gasteiger partial charge is 0.335 e. The number of aromatic nitrogens is 4. The number of hydrogen-bond donors (Lipinski definition) is 2. The number of likely N-dealkylation sites (tertiary alicyclic amines) is 1. The van der Waals surface area contributed by atoms with E-state index in [0.29, 0.717) is 41.3 Å². The molecule has 1 amide bonds. The lowest BCUT2D eigenvalue weighted by Crippen LogP contribution is -2.54. The topological polar surface area (TPSA) is 144 Å². The number of ether oxygens (including phenoxy) is 1. The van der Waals surface area contributed by atoms with Crippen LogP contribution in [0, 0.1) is 11.3 Å². The Morgan fingerprint density at radius 1 is 1.12 bits per heavy atom. The molecular weight excluding hydrogens is 508 g/mol. The van der Waals surface area contributed by atoms with Gasteiger partial charge in [-0.15, -0.1) is 0 Å². The van der Waals surface area contributed by atoms with E-state index in [-0.39, 0.29) is 41.6 Å². The van der Waals surface area contributed by atoms with Crippen molar-refractivity contribution in [3.63, 3.8) is 0 Å². The SMILES string of the molecule is N#CC(=CC1CCCN1)C(=O)N1CCC1Cn1c(=O)n(-c2ccc(Oc3ccccc3)cc2)c2c(N)ncnc21.